The summed E-state index contributed by atoms with van der Waals surface area (Å²) in [4.78, 5) is 0. The van der Waals surface area contributed by atoms with E-state index in [2.05, 4.69) is 31.2 Å². The van der Waals surface area contributed by atoms with Crippen LogP contribution in [0, 0.1) is 0 Å². The minimum absolute atomic E-state index is 0.168. The lowest BCUT2D eigenvalue weighted by atomic mass is 10.0. The SMILES string of the molecule is CCc1ccc(-c2ccc(O)c(OC)c2)cc1. The Labute approximate surface area is 101 Å². The van der Waals surface area contributed by atoms with Gasteiger partial charge in [0.15, 0.2) is 11.5 Å². The lowest BCUT2D eigenvalue weighted by molar-refractivity contribution is 0.373. The number of hydrogen-bond acceptors (Lipinski definition) is 2. The molecule has 2 heteroatoms. The first-order chi connectivity index (χ1) is 8.24. The van der Waals surface area contributed by atoms with Gasteiger partial charge in [-0.25, -0.2) is 0 Å². The molecule has 17 heavy (non-hydrogen) atoms. The van der Waals surface area contributed by atoms with Crippen molar-refractivity contribution in [2.24, 2.45) is 0 Å². The first kappa shape index (κ1) is 11.5. The highest BCUT2D eigenvalue weighted by atomic mass is 16.5. The molecule has 0 unspecified atom stereocenters. The molecule has 0 heterocycles. The normalized spacial score (nSPS) is 10.2. The number of ether oxygens (including phenoxy) is 1. The van der Waals surface area contributed by atoms with E-state index in [1.165, 1.54) is 5.56 Å². The van der Waals surface area contributed by atoms with E-state index in [4.69, 9.17) is 4.74 Å². The maximum Gasteiger partial charge on any atom is 0.161 e. The molecule has 0 aliphatic heterocycles. The number of benzene rings is 2. The number of aromatic hydroxyl groups is 1. The van der Waals surface area contributed by atoms with E-state index in [9.17, 15) is 5.11 Å². The molecule has 1 N–H and O–H groups in total. The largest absolute Gasteiger partial charge is 0.504 e. The third-order valence-electron chi connectivity index (χ3n) is 2.88. The summed E-state index contributed by atoms with van der Waals surface area (Å²) in [6.45, 7) is 2.14. The van der Waals surface area contributed by atoms with E-state index >= 15 is 0 Å². The molecule has 88 valence electrons. The number of rotatable bonds is 3. The van der Waals surface area contributed by atoms with Gasteiger partial charge in [-0.05, 0) is 35.2 Å². The van der Waals surface area contributed by atoms with Crippen LogP contribution in [0.25, 0.3) is 11.1 Å². The standard InChI is InChI=1S/C15H16O2/c1-3-11-4-6-12(7-5-11)13-8-9-14(16)15(10-13)17-2/h4-10,16H,3H2,1-2H3. The van der Waals surface area contributed by atoms with E-state index in [0.717, 1.165) is 17.5 Å². The molecular formula is C15H16O2. The van der Waals surface area contributed by atoms with E-state index in [1.807, 2.05) is 12.1 Å². The van der Waals surface area contributed by atoms with Gasteiger partial charge in [-0.1, -0.05) is 37.3 Å². The van der Waals surface area contributed by atoms with Crippen molar-refractivity contribution in [3.05, 3.63) is 48.0 Å². The fraction of sp³-hybridized carbons (Fsp3) is 0.200. The van der Waals surface area contributed by atoms with E-state index in [1.54, 1.807) is 13.2 Å². The molecule has 0 radical (unpaired) electrons. The summed E-state index contributed by atoms with van der Waals surface area (Å²) in [6.07, 6.45) is 1.04. The Morgan fingerprint density at radius 2 is 1.65 bits per heavy atom. The summed E-state index contributed by atoms with van der Waals surface area (Å²) in [5.74, 6) is 0.670. The second kappa shape index (κ2) is 4.91. The number of phenols is 1. The molecule has 0 amide bonds. The van der Waals surface area contributed by atoms with Crippen LogP contribution in [0.4, 0.5) is 0 Å². The molecule has 0 saturated heterocycles. The van der Waals surface area contributed by atoms with Gasteiger partial charge in [0, 0.05) is 0 Å². The second-order valence-corrected chi connectivity index (χ2v) is 3.94. The van der Waals surface area contributed by atoms with E-state index < -0.39 is 0 Å². The Balaban J connectivity index is 2.38. The molecule has 0 bridgehead atoms. The maximum atomic E-state index is 9.54. The molecular weight excluding hydrogens is 212 g/mol. The van der Waals surface area contributed by atoms with Gasteiger partial charge in [-0.15, -0.1) is 0 Å². The molecule has 2 rings (SSSR count). The van der Waals surface area contributed by atoms with Crippen molar-refractivity contribution in [3.63, 3.8) is 0 Å². The zero-order chi connectivity index (χ0) is 12.3. The van der Waals surface area contributed by atoms with Crippen molar-refractivity contribution < 1.29 is 9.84 Å². The van der Waals surface area contributed by atoms with Gasteiger partial charge in [-0.3, -0.25) is 0 Å². The molecule has 0 aliphatic carbocycles. The van der Waals surface area contributed by atoms with Gasteiger partial charge in [0.25, 0.3) is 0 Å². The van der Waals surface area contributed by atoms with Crippen LogP contribution in [-0.4, -0.2) is 12.2 Å². The zero-order valence-electron chi connectivity index (χ0n) is 10.1. The van der Waals surface area contributed by atoms with Crippen LogP contribution in [0.2, 0.25) is 0 Å². The average Bonchev–Trinajstić information content (AvgIpc) is 2.39. The molecule has 0 aliphatic rings. The highest BCUT2D eigenvalue weighted by Crippen LogP contribution is 2.31. The van der Waals surface area contributed by atoms with Crippen LogP contribution in [0.3, 0.4) is 0 Å². The average molecular weight is 228 g/mol. The van der Waals surface area contributed by atoms with Crippen molar-refractivity contribution in [2.75, 3.05) is 7.11 Å². The quantitative estimate of drug-likeness (QED) is 0.869. The summed E-state index contributed by atoms with van der Waals surface area (Å²) in [7, 11) is 1.55. The molecule has 0 atom stereocenters. The Morgan fingerprint density at radius 3 is 2.24 bits per heavy atom. The lowest BCUT2D eigenvalue weighted by Crippen LogP contribution is -1.86. The number of methoxy groups -OCH3 is 1. The minimum Gasteiger partial charge on any atom is -0.504 e. The Morgan fingerprint density at radius 1 is 1.00 bits per heavy atom. The third-order valence-corrected chi connectivity index (χ3v) is 2.88. The van der Waals surface area contributed by atoms with E-state index in [0.29, 0.717) is 5.75 Å². The van der Waals surface area contributed by atoms with Gasteiger partial charge >= 0.3 is 0 Å². The van der Waals surface area contributed by atoms with Gasteiger partial charge < -0.3 is 9.84 Å². The highest BCUT2D eigenvalue weighted by molar-refractivity contribution is 5.67. The summed E-state index contributed by atoms with van der Waals surface area (Å²) in [5, 5.41) is 9.54. The molecule has 0 aromatic heterocycles. The smallest absolute Gasteiger partial charge is 0.161 e. The van der Waals surface area contributed by atoms with Crippen LogP contribution >= 0.6 is 0 Å². The maximum absolute atomic E-state index is 9.54. The fourth-order valence-corrected chi connectivity index (χ4v) is 1.79. The van der Waals surface area contributed by atoms with Gasteiger partial charge in [0.05, 0.1) is 7.11 Å². The Bertz CT molecular complexity index is 501. The molecule has 2 aromatic carbocycles. The number of hydrogen-bond donors (Lipinski definition) is 1. The lowest BCUT2D eigenvalue weighted by Gasteiger charge is -2.07. The fourth-order valence-electron chi connectivity index (χ4n) is 1.79. The van der Waals surface area contributed by atoms with Crippen LogP contribution in [-0.2, 0) is 6.42 Å². The van der Waals surface area contributed by atoms with Crippen molar-refractivity contribution in [1.82, 2.24) is 0 Å². The van der Waals surface area contributed by atoms with Gasteiger partial charge in [0.2, 0.25) is 0 Å². The zero-order valence-corrected chi connectivity index (χ0v) is 10.1. The molecule has 0 spiro atoms. The predicted octanol–water partition coefficient (Wildman–Crippen LogP) is 3.63. The number of aryl methyl sites for hydroxylation is 1. The summed E-state index contributed by atoms with van der Waals surface area (Å²) in [6, 6.07) is 13.8. The summed E-state index contributed by atoms with van der Waals surface area (Å²) >= 11 is 0. The Kier molecular flexibility index (Phi) is 3.33. The highest BCUT2D eigenvalue weighted by Gasteiger charge is 2.04. The Hall–Kier alpha value is -1.96. The molecule has 0 saturated carbocycles. The van der Waals surface area contributed by atoms with Crippen molar-refractivity contribution in [1.29, 1.82) is 0 Å². The number of phenolic OH excluding ortho intramolecular Hbond substituents is 1. The van der Waals surface area contributed by atoms with Crippen molar-refractivity contribution in [2.45, 2.75) is 13.3 Å². The van der Waals surface area contributed by atoms with E-state index in [-0.39, 0.29) is 5.75 Å². The summed E-state index contributed by atoms with van der Waals surface area (Å²) < 4.78 is 5.10. The summed E-state index contributed by atoms with van der Waals surface area (Å²) in [5.41, 5.74) is 3.49. The topological polar surface area (TPSA) is 29.5 Å². The van der Waals surface area contributed by atoms with Gasteiger partial charge in [0.1, 0.15) is 0 Å². The molecule has 2 nitrogen and oxygen atoms in total. The minimum atomic E-state index is 0.168. The van der Waals surface area contributed by atoms with Gasteiger partial charge in [-0.2, -0.15) is 0 Å². The monoisotopic (exact) mass is 228 g/mol. The predicted molar refractivity (Wildman–Crippen MR) is 69.5 cm³/mol. The second-order valence-electron chi connectivity index (χ2n) is 3.94. The van der Waals surface area contributed by atoms with Crippen LogP contribution in [0.15, 0.2) is 42.5 Å². The molecule has 0 fully saturated rings. The van der Waals surface area contributed by atoms with Crippen LogP contribution in [0.1, 0.15) is 12.5 Å². The first-order valence-corrected chi connectivity index (χ1v) is 5.71. The molecule has 2 aromatic rings. The third kappa shape index (κ3) is 2.41. The first-order valence-electron chi connectivity index (χ1n) is 5.71. The van der Waals surface area contributed by atoms with Crippen molar-refractivity contribution >= 4 is 0 Å². The van der Waals surface area contributed by atoms with Crippen molar-refractivity contribution in [3.8, 4) is 22.6 Å². The van der Waals surface area contributed by atoms with Crippen LogP contribution < -0.4 is 4.74 Å². The van der Waals surface area contributed by atoms with Crippen LogP contribution in [0.5, 0.6) is 11.5 Å².